The Labute approximate surface area is 146 Å². The minimum atomic E-state index is -3.78. The van der Waals surface area contributed by atoms with Crippen molar-refractivity contribution in [2.45, 2.75) is 18.7 Å². The summed E-state index contributed by atoms with van der Waals surface area (Å²) in [4.78, 5) is 12.1. The summed E-state index contributed by atoms with van der Waals surface area (Å²) in [5.41, 5.74) is 1.86. The summed E-state index contributed by atoms with van der Waals surface area (Å²) in [6.45, 7) is 3.32. The van der Waals surface area contributed by atoms with Crippen LogP contribution >= 0.6 is 11.6 Å². The van der Waals surface area contributed by atoms with E-state index in [1.807, 2.05) is 13.8 Å². The van der Waals surface area contributed by atoms with Crippen LogP contribution in [0.3, 0.4) is 0 Å². The highest BCUT2D eigenvalue weighted by Crippen LogP contribution is 2.23. The molecule has 0 bridgehead atoms. The molecule has 128 valence electrons. The average molecular weight is 368 g/mol. The van der Waals surface area contributed by atoms with E-state index < -0.39 is 22.5 Å². The highest BCUT2D eigenvalue weighted by atomic mass is 35.5. The average Bonchev–Trinajstić information content (AvgIpc) is 2.52. The molecule has 0 aliphatic carbocycles. The molecule has 0 unspecified atom stereocenters. The number of aryl methyl sites for hydroxylation is 2. The van der Waals surface area contributed by atoms with E-state index in [0.717, 1.165) is 15.4 Å². The lowest BCUT2D eigenvalue weighted by atomic mass is 10.1. The summed E-state index contributed by atoms with van der Waals surface area (Å²) in [6, 6.07) is 11.3. The smallest absolute Gasteiger partial charge is 0.326 e. The van der Waals surface area contributed by atoms with Gasteiger partial charge in [0, 0.05) is 7.05 Å². The van der Waals surface area contributed by atoms with Gasteiger partial charge < -0.3 is 4.74 Å². The van der Waals surface area contributed by atoms with E-state index >= 15 is 0 Å². The molecule has 0 heterocycles. The van der Waals surface area contributed by atoms with Gasteiger partial charge in [0.15, 0.2) is 0 Å². The molecule has 0 aromatic heterocycles. The Balaban J connectivity index is 2.13. The molecule has 2 aromatic rings. The number of rotatable bonds is 5. The molecule has 0 fully saturated rings. The first-order chi connectivity index (χ1) is 11.2. The molecule has 0 N–H and O–H groups in total. The van der Waals surface area contributed by atoms with Gasteiger partial charge in [-0.2, -0.15) is 4.31 Å². The molecule has 0 atom stereocenters. The van der Waals surface area contributed by atoms with Crippen LogP contribution in [0.4, 0.5) is 0 Å². The molecule has 0 radical (unpaired) electrons. The van der Waals surface area contributed by atoms with Crippen LogP contribution in [-0.2, 0) is 14.8 Å². The van der Waals surface area contributed by atoms with Gasteiger partial charge in [0.05, 0.1) is 9.92 Å². The van der Waals surface area contributed by atoms with Crippen molar-refractivity contribution in [1.82, 2.24) is 4.31 Å². The van der Waals surface area contributed by atoms with Crippen LogP contribution in [0.1, 0.15) is 11.1 Å². The fourth-order valence-electron chi connectivity index (χ4n) is 2.00. The maximum atomic E-state index is 12.5. The highest BCUT2D eigenvalue weighted by Gasteiger charge is 2.24. The van der Waals surface area contributed by atoms with E-state index in [1.54, 1.807) is 30.3 Å². The third-order valence-electron chi connectivity index (χ3n) is 3.60. The quantitative estimate of drug-likeness (QED) is 0.601. The van der Waals surface area contributed by atoms with Crippen molar-refractivity contribution in [3.63, 3.8) is 0 Å². The Morgan fingerprint density at radius 3 is 2.42 bits per heavy atom. The van der Waals surface area contributed by atoms with E-state index in [-0.39, 0.29) is 15.7 Å². The van der Waals surface area contributed by atoms with Gasteiger partial charge in [0.1, 0.15) is 12.3 Å². The predicted molar refractivity (Wildman–Crippen MR) is 92.8 cm³/mol. The van der Waals surface area contributed by atoms with Crippen molar-refractivity contribution in [3.05, 3.63) is 58.6 Å². The van der Waals surface area contributed by atoms with Gasteiger partial charge in [-0.1, -0.05) is 29.8 Å². The van der Waals surface area contributed by atoms with Gasteiger partial charge >= 0.3 is 5.97 Å². The van der Waals surface area contributed by atoms with Crippen molar-refractivity contribution in [1.29, 1.82) is 0 Å². The Morgan fingerprint density at radius 1 is 1.12 bits per heavy atom. The molecule has 2 aromatic carbocycles. The first-order valence-corrected chi connectivity index (χ1v) is 9.02. The Morgan fingerprint density at radius 2 is 1.79 bits per heavy atom. The lowest BCUT2D eigenvalue weighted by molar-refractivity contribution is -0.134. The molecule has 0 aliphatic rings. The lowest BCUT2D eigenvalue weighted by Gasteiger charge is -2.17. The summed E-state index contributed by atoms with van der Waals surface area (Å²) < 4.78 is 31.2. The molecule has 0 amide bonds. The molecule has 0 spiro atoms. The second-order valence-electron chi connectivity index (χ2n) is 5.41. The van der Waals surface area contributed by atoms with Crippen LogP contribution < -0.4 is 4.74 Å². The number of carbonyl (C=O) groups is 1. The largest absolute Gasteiger partial charge is 0.424 e. The first kappa shape index (κ1) is 18.4. The lowest BCUT2D eigenvalue weighted by Crippen LogP contribution is -2.34. The van der Waals surface area contributed by atoms with Crippen molar-refractivity contribution in [2.75, 3.05) is 13.6 Å². The van der Waals surface area contributed by atoms with Gasteiger partial charge in [-0.3, -0.25) is 4.79 Å². The van der Waals surface area contributed by atoms with Gasteiger partial charge in [-0.25, -0.2) is 8.42 Å². The monoisotopic (exact) mass is 367 g/mol. The SMILES string of the molecule is Cc1ccc(S(=O)(=O)N(C)CC(=O)Oc2ccccc2Cl)cc1C. The van der Waals surface area contributed by atoms with Crippen LogP contribution in [0.5, 0.6) is 5.75 Å². The van der Waals surface area contributed by atoms with E-state index in [9.17, 15) is 13.2 Å². The molecule has 5 nitrogen and oxygen atoms in total. The third-order valence-corrected chi connectivity index (χ3v) is 5.71. The Hall–Kier alpha value is -1.89. The zero-order valence-electron chi connectivity index (χ0n) is 13.6. The molecule has 0 aliphatic heterocycles. The predicted octanol–water partition coefficient (Wildman–Crippen LogP) is 3.18. The number of carbonyl (C=O) groups excluding carboxylic acids is 1. The molecule has 24 heavy (non-hydrogen) atoms. The maximum absolute atomic E-state index is 12.5. The molecule has 0 saturated carbocycles. The van der Waals surface area contributed by atoms with E-state index in [4.69, 9.17) is 16.3 Å². The van der Waals surface area contributed by atoms with Gasteiger partial charge in [-0.15, -0.1) is 0 Å². The number of hydrogen-bond donors (Lipinski definition) is 0. The standard InChI is InChI=1S/C17H18ClNO4S/c1-12-8-9-14(10-13(12)2)24(21,22)19(3)11-17(20)23-16-7-5-4-6-15(16)18/h4-10H,11H2,1-3H3. The van der Waals surface area contributed by atoms with Crippen LogP contribution in [0.25, 0.3) is 0 Å². The Bertz CT molecular complexity index is 865. The van der Waals surface area contributed by atoms with Gasteiger partial charge in [0.2, 0.25) is 10.0 Å². The summed E-state index contributed by atoms with van der Waals surface area (Å²) in [5, 5.41) is 0.283. The summed E-state index contributed by atoms with van der Waals surface area (Å²) in [7, 11) is -2.44. The maximum Gasteiger partial charge on any atom is 0.326 e. The Kier molecular flexibility index (Phi) is 5.64. The molecule has 0 saturated heterocycles. The third kappa shape index (κ3) is 4.14. The van der Waals surface area contributed by atoms with Crippen molar-refractivity contribution < 1.29 is 17.9 Å². The van der Waals surface area contributed by atoms with E-state index in [1.165, 1.54) is 19.2 Å². The second kappa shape index (κ2) is 7.34. The first-order valence-electron chi connectivity index (χ1n) is 7.20. The van der Waals surface area contributed by atoms with Gasteiger partial charge in [-0.05, 0) is 49.2 Å². The fraction of sp³-hybridized carbons (Fsp3) is 0.235. The van der Waals surface area contributed by atoms with Crippen LogP contribution in [0.15, 0.2) is 47.4 Å². The van der Waals surface area contributed by atoms with E-state index in [0.29, 0.717) is 0 Å². The number of hydrogen-bond acceptors (Lipinski definition) is 4. The zero-order valence-corrected chi connectivity index (χ0v) is 15.2. The molecule has 7 heteroatoms. The van der Waals surface area contributed by atoms with Crippen LogP contribution in [0, 0.1) is 13.8 Å². The number of para-hydroxylation sites is 1. The normalized spacial score (nSPS) is 11.5. The number of likely N-dealkylation sites (N-methyl/N-ethyl adjacent to an activating group) is 1. The number of nitrogens with zero attached hydrogens (tertiary/aromatic N) is 1. The van der Waals surface area contributed by atoms with Crippen molar-refractivity contribution >= 4 is 27.6 Å². The van der Waals surface area contributed by atoms with E-state index in [2.05, 4.69) is 0 Å². The van der Waals surface area contributed by atoms with Crippen LogP contribution in [0.2, 0.25) is 5.02 Å². The summed E-state index contributed by atoms with van der Waals surface area (Å²) in [5.74, 6) is -0.515. The van der Waals surface area contributed by atoms with Crippen LogP contribution in [-0.4, -0.2) is 32.3 Å². The minimum Gasteiger partial charge on any atom is -0.424 e. The number of halogens is 1. The summed E-state index contributed by atoms with van der Waals surface area (Å²) in [6.07, 6.45) is 0. The number of ether oxygens (including phenoxy) is 1. The number of esters is 1. The topological polar surface area (TPSA) is 63.7 Å². The van der Waals surface area contributed by atoms with Gasteiger partial charge in [0.25, 0.3) is 0 Å². The van der Waals surface area contributed by atoms with Crippen molar-refractivity contribution in [2.24, 2.45) is 0 Å². The minimum absolute atomic E-state index is 0.138. The molecular formula is C17H18ClNO4S. The number of sulfonamides is 1. The molecule has 2 rings (SSSR count). The number of benzene rings is 2. The molecular weight excluding hydrogens is 350 g/mol. The zero-order chi connectivity index (χ0) is 17.9. The highest BCUT2D eigenvalue weighted by molar-refractivity contribution is 7.89. The second-order valence-corrected chi connectivity index (χ2v) is 7.86. The fourth-order valence-corrected chi connectivity index (χ4v) is 3.38. The van der Waals surface area contributed by atoms with Crippen molar-refractivity contribution in [3.8, 4) is 5.75 Å². The summed E-state index contributed by atoms with van der Waals surface area (Å²) >= 11 is 5.91.